The van der Waals surface area contributed by atoms with Gasteiger partial charge in [-0.05, 0) is 30.9 Å². The van der Waals surface area contributed by atoms with Gasteiger partial charge in [-0.3, -0.25) is 4.90 Å². The van der Waals surface area contributed by atoms with Gasteiger partial charge in [0.1, 0.15) is 0 Å². The van der Waals surface area contributed by atoms with Crippen molar-refractivity contribution in [2.24, 2.45) is 5.92 Å². The van der Waals surface area contributed by atoms with E-state index in [1.165, 1.54) is 38.0 Å². The number of piperidine rings is 1. The first-order valence-corrected chi connectivity index (χ1v) is 6.41. The molecule has 1 aromatic carbocycles. The number of halogens is 2. The lowest BCUT2D eigenvalue weighted by molar-refractivity contribution is 0.312. The van der Waals surface area contributed by atoms with Gasteiger partial charge in [0.25, 0.3) is 0 Å². The zero-order chi connectivity index (χ0) is 10.8. The molecule has 2 saturated heterocycles. The first-order chi connectivity index (χ1) is 7.92. The van der Waals surface area contributed by atoms with Crippen LogP contribution < -0.4 is 5.32 Å². The summed E-state index contributed by atoms with van der Waals surface area (Å²) in [6, 6.07) is 11.6. The Hall–Kier alpha value is -0.280. The van der Waals surface area contributed by atoms with Crippen molar-refractivity contribution in [2.75, 3.05) is 19.6 Å². The van der Waals surface area contributed by atoms with Gasteiger partial charge in [-0.2, -0.15) is 0 Å². The molecule has 2 nitrogen and oxygen atoms in total. The Morgan fingerprint density at radius 3 is 2.61 bits per heavy atom. The number of likely N-dealkylation sites (tertiary alicyclic amines) is 1. The molecule has 2 aliphatic rings. The summed E-state index contributed by atoms with van der Waals surface area (Å²) < 4.78 is 0. The van der Waals surface area contributed by atoms with Gasteiger partial charge in [-0.1, -0.05) is 30.3 Å². The minimum absolute atomic E-state index is 0. The fourth-order valence-electron chi connectivity index (χ4n) is 3.11. The molecule has 0 spiro atoms. The third-order valence-corrected chi connectivity index (χ3v) is 3.92. The molecule has 2 heterocycles. The predicted molar refractivity (Wildman–Crippen MR) is 80.7 cm³/mol. The number of rotatable bonds is 2. The molecule has 18 heavy (non-hydrogen) atoms. The van der Waals surface area contributed by atoms with Crippen LogP contribution >= 0.6 is 24.8 Å². The highest BCUT2D eigenvalue weighted by Crippen LogP contribution is 2.25. The average molecular weight is 289 g/mol. The Bertz CT molecular complexity index is 331. The van der Waals surface area contributed by atoms with Crippen molar-refractivity contribution in [3.05, 3.63) is 35.9 Å². The molecule has 2 aliphatic heterocycles. The number of fused-ring (bicyclic) bond motifs is 1. The Morgan fingerprint density at radius 1 is 1.11 bits per heavy atom. The van der Waals surface area contributed by atoms with Crippen molar-refractivity contribution in [2.45, 2.75) is 25.4 Å². The lowest BCUT2D eigenvalue weighted by Crippen LogP contribution is -2.40. The fourth-order valence-corrected chi connectivity index (χ4v) is 3.11. The smallest absolute Gasteiger partial charge is 0.0235 e. The zero-order valence-electron chi connectivity index (χ0n) is 10.5. The molecule has 2 fully saturated rings. The number of nitrogens with one attached hydrogen (secondary N) is 1. The van der Waals surface area contributed by atoms with Crippen LogP contribution in [0.15, 0.2) is 30.3 Å². The second-order valence-electron chi connectivity index (χ2n) is 5.14. The van der Waals surface area contributed by atoms with E-state index in [0.29, 0.717) is 0 Å². The molecule has 1 aromatic rings. The zero-order valence-corrected chi connectivity index (χ0v) is 12.2. The Balaban J connectivity index is 0.000000810. The van der Waals surface area contributed by atoms with E-state index in [1.54, 1.807) is 0 Å². The minimum Gasteiger partial charge on any atom is -0.312 e. The van der Waals surface area contributed by atoms with Crippen molar-refractivity contribution in [1.82, 2.24) is 10.2 Å². The SMILES string of the molecule is Cl.Cl.c1ccc(CN2CC3CCCNC3C2)cc1. The largest absolute Gasteiger partial charge is 0.312 e. The first-order valence-electron chi connectivity index (χ1n) is 6.41. The van der Waals surface area contributed by atoms with E-state index >= 15 is 0 Å². The highest BCUT2D eigenvalue weighted by atomic mass is 35.5. The van der Waals surface area contributed by atoms with E-state index in [0.717, 1.165) is 18.5 Å². The summed E-state index contributed by atoms with van der Waals surface area (Å²) in [4.78, 5) is 2.60. The molecule has 4 heteroatoms. The molecule has 2 unspecified atom stereocenters. The van der Waals surface area contributed by atoms with Gasteiger partial charge in [0.05, 0.1) is 0 Å². The van der Waals surface area contributed by atoms with Crippen molar-refractivity contribution in [3.63, 3.8) is 0 Å². The molecule has 0 aliphatic carbocycles. The van der Waals surface area contributed by atoms with Gasteiger partial charge < -0.3 is 5.32 Å². The summed E-state index contributed by atoms with van der Waals surface area (Å²) in [6.07, 6.45) is 2.78. The first kappa shape index (κ1) is 15.8. The van der Waals surface area contributed by atoms with Crippen LogP contribution in [0, 0.1) is 5.92 Å². The molecular weight excluding hydrogens is 267 g/mol. The summed E-state index contributed by atoms with van der Waals surface area (Å²) >= 11 is 0. The molecular formula is C14H22Cl2N2. The predicted octanol–water partition coefficient (Wildman–Crippen LogP) is 2.71. The van der Waals surface area contributed by atoms with E-state index in [-0.39, 0.29) is 24.8 Å². The lowest BCUT2D eigenvalue weighted by atomic mass is 9.94. The highest BCUT2D eigenvalue weighted by molar-refractivity contribution is 5.85. The molecule has 0 bridgehead atoms. The lowest BCUT2D eigenvalue weighted by Gasteiger charge is -2.24. The molecule has 0 amide bonds. The van der Waals surface area contributed by atoms with Crippen LogP contribution in [0.2, 0.25) is 0 Å². The van der Waals surface area contributed by atoms with Gasteiger partial charge in [0.2, 0.25) is 0 Å². The van der Waals surface area contributed by atoms with E-state index in [9.17, 15) is 0 Å². The molecule has 0 aromatic heterocycles. The normalized spacial score (nSPS) is 26.9. The Kier molecular flexibility index (Phi) is 6.44. The van der Waals surface area contributed by atoms with Crippen LogP contribution in [-0.2, 0) is 6.54 Å². The quantitative estimate of drug-likeness (QED) is 0.900. The topological polar surface area (TPSA) is 15.3 Å². The molecule has 102 valence electrons. The van der Waals surface area contributed by atoms with E-state index in [2.05, 4.69) is 40.5 Å². The average Bonchev–Trinajstić information content (AvgIpc) is 2.72. The van der Waals surface area contributed by atoms with Crippen LogP contribution in [0.25, 0.3) is 0 Å². The minimum atomic E-state index is 0. The summed E-state index contributed by atoms with van der Waals surface area (Å²) in [5.74, 6) is 0.900. The molecule has 0 saturated carbocycles. The molecule has 2 atom stereocenters. The van der Waals surface area contributed by atoms with Gasteiger partial charge in [-0.25, -0.2) is 0 Å². The van der Waals surface area contributed by atoms with Gasteiger partial charge in [0, 0.05) is 25.7 Å². The third-order valence-electron chi connectivity index (χ3n) is 3.92. The Labute approximate surface area is 122 Å². The number of hydrogen-bond acceptors (Lipinski definition) is 2. The molecule has 1 N–H and O–H groups in total. The summed E-state index contributed by atoms with van der Waals surface area (Å²) in [6.45, 7) is 4.86. The van der Waals surface area contributed by atoms with Crippen molar-refractivity contribution in [3.8, 4) is 0 Å². The van der Waals surface area contributed by atoms with Gasteiger partial charge >= 0.3 is 0 Å². The van der Waals surface area contributed by atoms with Crippen LogP contribution in [0.5, 0.6) is 0 Å². The van der Waals surface area contributed by atoms with Crippen LogP contribution in [0.3, 0.4) is 0 Å². The van der Waals surface area contributed by atoms with E-state index < -0.39 is 0 Å². The number of benzene rings is 1. The third kappa shape index (κ3) is 3.61. The molecule has 3 rings (SSSR count). The molecule has 0 radical (unpaired) electrons. The van der Waals surface area contributed by atoms with Gasteiger partial charge in [0.15, 0.2) is 0 Å². The standard InChI is InChI=1S/C14H20N2.2ClH/c1-2-5-12(6-3-1)9-16-10-13-7-4-8-15-14(13)11-16;;/h1-3,5-6,13-15H,4,7-11H2;2*1H. The Morgan fingerprint density at radius 2 is 1.89 bits per heavy atom. The second-order valence-corrected chi connectivity index (χ2v) is 5.14. The maximum Gasteiger partial charge on any atom is 0.0235 e. The summed E-state index contributed by atoms with van der Waals surface area (Å²) in [5, 5.41) is 3.66. The fraction of sp³-hybridized carbons (Fsp3) is 0.571. The monoisotopic (exact) mass is 288 g/mol. The highest BCUT2D eigenvalue weighted by Gasteiger charge is 2.33. The van der Waals surface area contributed by atoms with Crippen molar-refractivity contribution < 1.29 is 0 Å². The van der Waals surface area contributed by atoms with Crippen molar-refractivity contribution in [1.29, 1.82) is 0 Å². The number of hydrogen-bond donors (Lipinski definition) is 1. The number of nitrogens with zero attached hydrogens (tertiary/aromatic N) is 1. The maximum atomic E-state index is 3.66. The second kappa shape index (κ2) is 7.34. The van der Waals surface area contributed by atoms with Crippen molar-refractivity contribution >= 4 is 24.8 Å². The summed E-state index contributed by atoms with van der Waals surface area (Å²) in [7, 11) is 0. The summed E-state index contributed by atoms with van der Waals surface area (Å²) in [5.41, 5.74) is 1.45. The van der Waals surface area contributed by atoms with Gasteiger partial charge in [-0.15, -0.1) is 24.8 Å². The van der Waals surface area contributed by atoms with Crippen LogP contribution in [0.4, 0.5) is 0 Å². The van der Waals surface area contributed by atoms with Crippen LogP contribution in [0.1, 0.15) is 18.4 Å². The van der Waals surface area contributed by atoms with E-state index in [1.807, 2.05) is 0 Å². The maximum absolute atomic E-state index is 3.66. The van der Waals surface area contributed by atoms with E-state index in [4.69, 9.17) is 0 Å². The van der Waals surface area contributed by atoms with Crippen LogP contribution in [-0.4, -0.2) is 30.6 Å².